The summed E-state index contributed by atoms with van der Waals surface area (Å²) in [7, 11) is -0.242. The molecule has 0 unspecified atom stereocenters. The van der Waals surface area contributed by atoms with Gasteiger partial charge in [0.15, 0.2) is 17.3 Å². The Bertz CT molecular complexity index is 1530. The molecular formula is C23H25Cl2N9OS. The van der Waals surface area contributed by atoms with E-state index in [2.05, 4.69) is 46.6 Å². The Morgan fingerprint density at radius 2 is 1.75 bits per heavy atom. The molecular weight excluding hydrogens is 521 g/mol. The summed E-state index contributed by atoms with van der Waals surface area (Å²) in [5.41, 5.74) is 2.07. The van der Waals surface area contributed by atoms with E-state index in [0.29, 0.717) is 39.0 Å². The van der Waals surface area contributed by atoms with Crippen LogP contribution < -0.4 is 10.2 Å². The third-order valence-corrected chi connectivity index (χ3v) is 6.85. The van der Waals surface area contributed by atoms with E-state index in [9.17, 15) is 4.21 Å². The molecule has 3 aromatic heterocycles. The molecule has 13 heteroatoms. The van der Waals surface area contributed by atoms with Gasteiger partial charge in [-0.3, -0.25) is 0 Å². The maximum Gasteiger partial charge on any atom is 0.229 e. The highest BCUT2D eigenvalue weighted by Crippen LogP contribution is 2.37. The molecule has 0 radical (unpaired) electrons. The second-order valence-electron chi connectivity index (χ2n) is 8.86. The van der Waals surface area contributed by atoms with Crippen LogP contribution in [0, 0.1) is 0 Å². The molecule has 4 aromatic rings. The highest BCUT2D eigenvalue weighted by Gasteiger charge is 2.20. The first-order valence-electron chi connectivity index (χ1n) is 11.2. The number of pyridine rings is 1. The maximum atomic E-state index is 12.1. The van der Waals surface area contributed by atoms with Crippen molar-refractivity contribution in [1.82, 2.24) is 29.6 Å². The van der Waals surface area contributed by atoms with Gasteiger partial charge in [-0.25, -0.2) is 14.2 Å². The minimum atomic E-state index is -2.35. The zero-order chi connectivity index (χ0) is 25.4. The minimum absolute atomic E-state index is 0.356. The normalized spacial score (nSPS) is 14.9. The molecule has 0 aliphatic carbocycles. The molecule has 1 aromatic carbocycles. The molecule has 10 nitrogen and oxygen atoms in total. The predicted molar refractivity (Wildman–Crippen MR) is 146 cm³/mol. The summed E-state index contributed by atoms with van der Waals surface area (Å²) < 4.78 is 17.8. The maximum absolute atomic E-state index is 12.1. The summed E-state index contributed by atoms with van der Waals surface area (Å²) in [4.78, 5) is 18.0. The van der Waals surface area contributed by atoms with Gasteiger partial charge in [0, 0.05) is 60.3 Å². The lowest BCUT2D eigenvalue weighted by Crippen LogP contribution is -2.44. The zero-order valence-electron chi connectivity index (χ0n) is 20.0. The number of fused-ring (bicyclic) bond motifs is 1. The summed E-state index contributed by atoms with van der Waals surface area (Å²) in [6.45, 7) is 3.64. The van der Waals surface area contributed by atoms with Crippen LogP contribution in [0.3, 0.4) is 0 Å². The molecule has 0 bridgehead atoms. The molecule has 1 fully saturated rings. The topological polar surface area (TPSA) is 104 Å². The van der Waals surface area contributed by atoms with Gasteiger partial charge in [-0.2, -0.15) is 19.1 Å². The summed E-state index contributed by atoms with van der Waals surface area (Å²) in [5.74, 6) is 1.22. The number of anilines is 3. The lowest BCUT2D eigenvalue weighted by Gasteiger charge is -2.35. The van der Waals surface area contributed by atoms with E-state index in [-0.39, 0.29) is 0 Å². The fourth-order valence-corrected chi connectivity index (χ4v) is 5.23. The largest absolute Gasteiger partial charge is 0.367 e. The van der Waals surface area contributed by atoms with E-state index in [1.807, 2.05) is 12.1 Å². The van der Waals surface area contributed by atoms with Crippen molar-refractivity contribution in [1.29, 1.82) is 0 Å². The van der Waals surface area contributed by atoms with Crippen molar-refractivity contribution in [3.8, 4) is 5.82 Å². The number of likely N-dealkylation sites (N-methyl/N-ethyl adjacent to an activating group) is 1. The highest BCUT2D eigenvalue weighted by atomic mass is 35.5. The average Bonchev–Trinajstić information content (AvgIpc) is 3.22. The number of halogens is 2. The van der Waals surface area contributed by atoms with Crippen LogP contribution in [-0.2, 0) is 9.73 Å². The highest BCUT2D eigenvalue weighted by molar-refractivity contribution is 7.92. The molecule has 1 aliphatic rings. The van der Waals surface area contributed by atoms with Crippen molar-refractivity contribution < 1.29 is 4.21 Å². The molecule has 0 amide bonds. The Morgan fingerprint density at radius 3 is 2.44 bits per heavy atom. The second-order valence-corrected chi connectivity index (χ2v) is 12.2. The molecule has 1 saturated heterocycles. The number of nitrogens with zero attached hydrogens (tertiary/aromatic N) is 8. The Morgan fingerprint density at radius 1 is 1.03 bits per heavy atom. The zero-order valence-corrected chi connectivity index (χ0v) is 22.3. The lowest BCUT2D eigenvalue weighted by molar-refractivity contribution is 0.313. The Balaban J connectivity index is 1.44. The third kappa shape index (κ3) is 5.39. The van der Waals surface area contributed by atoms with Crippen LogP contribution in [0.1, 0.15) is 0 Å². The molecule has 0 atom stereocenters. The van der Waals surface area contributed by atoms with Crippen molar-refractivity contribution in [2.45, 2.75) is 0 Å². The molecule has 1 N–H and O–H groups in total. The van der Waals surface area contributed by atoms with Gasteiger partial charge >= 0.3 is 0 Å². The second kappa shape index (κ2) is 9.81. The van der Waals surface area contributed by atoms with Gasteiger partial charge in [0.2, 0.25) is 5.95 Å². The van der Waals surface area contributed by atoms with E-state index in [0.717, 1.165) is 37.3 Å². The Kier molecular flexibility index (Phi) is 6.73. The molecule has 4 heterocycles. The first-order chi connectivity index (χ1) is 17.2. The minimum Gasteiger partial charge on any atom is -0.367 e. The van der Waals surface area contributed by atoms with Crippen molar-refractivity contribution in [3.05, 3.63) is 52.8 Å². The van der Waals surface area contributed by atoms with Gasteiger partial charge in [-0.05, 0) is 31.3 Å². The number of aromatic nitrogens is 5. The van der Waals surface area contributed by atoms with E-state index in [4.69, 9.17) is 23.2 Å². The molecule has 36 heavy (non-hydrogen) atoms. The molecule has 5 rings (SSSR count). The molecule has 1 aliphatic heterocycles. The van der Waals surface area contributed by atoms with Crippen LogP contribution in [0.2, 0.25) is 10.0 Å². The van der Waals surface area contributed by atoms with Gasteiger partial charge in [-0.1, -0.05) is 29.3 Å². The first kappa shape index (κ1) is 24.7. The number of hydrogen-bond acceptors (Lipinski definition) is 9. The van der Waals surface area contributed by atoms with Crippen LogP contribution in [0.4, 0.5) is 23.1 Å². The van der Waals surface area contributed by atoms with Crippen molar-refractivity contribution in [2.75, 3.05) is 56.0 Å². The fourth-order valence-electron chi connectivity index (χ4n) is 3.95. The van der Waals surface area contributed by atoms with Crippen LogP contribution in [-0.4, -0.2) is 79.6 Å². The standard InChI is InChI=1S/C23H25Cl2N9OS/c1-32-7-9-33(10-8-32)21-17(24)11-16(12-18(21)25)28-23-26-13-15-14-27-34(22(15)30-23)20-6-4-5-19(29-20)31-36(2,3)35/h4-6,11-14H,7-10H2,1-3H3,(H,26,28,30). The number of benzene rings is 1. The number of rotatable bonds is 5. The van der Waals surface area contributed by atoms with Gasteiger partial charge in [0.05, 0.1) is 27.3 Å². The number of nitrogens with one attached hydrogen (secondary N) is 1. The van der Waals surface area contributed by atoms with Crippen LogP contribution in [0.25, 0.3) is 16.9 Å². The Hall–Kier alpha value is -2.99. The van der Waals surface area contributed by atoms with Crippen molar-refractivity contribution in [3.63, 3.8) is 0 Å². The van der Waals surface area contributed by atoms with Crippen molar-refractivity contribution >= 4 is 67.1 Å². The van der Waals surface area contributed by atoms with E-state index >= 15 is 0 Å². The fraction of sp³-hybridized carbons (Fsp3) is 0.304. The van der Waals surface area contributed by atoms with Crippen LogP contribution in [0.15, 0.2) is 47.1 Å². The van der Waals surface area contributed by atoms with Crippen molar-refractivity contribution in [2.24, 2.45) is 4.36 Å². The summed E-state index contributed by atoms with van der Waals surface area (Å²) >= 11 is 13.3. The van der Waals surface area contributed by atoms with Gasteiger partial charge in [0.1, 0.15) is 0 Å². The average molecular weight is 546 g/mol. The number of hydrogen-bond donors (Lipinski definition) is 1. The van der Waals surface area contributed by atoms with E-state index < -0.39 is 9.73 Å². The Labute approximate surface area is 219 Å². The first-order valence-corrected chi connectivity index (χ1v) is 14.3. The van der Waals surface area contributed by atoms with Gasteiger partial charge < -0.3 is 15.1 Å². The summed E-state index contributed by atoms with van der Waals surface area (Å²) in [6.07, 6.45) is 6.46. The molecule has 0 spiro atoms. The van der Waals surface area contributed by atoms with E-state index in [1.165, 1.54) is 0 Å². The van der Waals surface area contributed by atoms with E-state index in [1.54, 1.807) is 47.8 Å². The monoisotopic (exact) mass is 545 g/mol. The molecule has 0 saturated carbocycles. The summed E-state index contributed by atoms with van der Waals surface area (Å²) in [5, 5.41) is 9.46. The SMILES string of the molecule is CN1CCN(c2c(Cl)cc(Nc3ncc4cnn(-c5cccc(N=S(C)(C)=O)n5)c4n3)cc2Cl)CC1. The summed E-state index contributed by atoms with van der Waals surface area (Å²) in [6, 6.07) is 8.91. The quantitative estimate of drug-likeness (QED) is 0.394. The number of piperazine rings is 1. The van der Waals surface area contributed by atoms with Crippen LogP contribution in [0.5, 0.6) is 0 Å². The lowest BCUT2D eigenvalue weighted by atomic mass is 10.2. The van der Waals surface area contributed by atoms with Gasteiger partial charge in [0.25, 0.3) is 0 Å². The third-order valence-electron chi connectivity index (χ3n) is 5.65. The van der Waals surface area contributed by atoms with Gasteiger partial charge in [-0.15, -0.1) is 0 Å². The predicted octanol–water partition coefficient (Wildman–Crippen LogP) is 4.37. The molecule has 188 valence electrons. The smallest absolute Gasteiger partial charge is 0.229 e. The van der Waals surface area contributed by atoms with Crippen LogP contribution >= 0.6 is 23.2 Å².